The summed E-state index contributed by atoms with van der Waals surface area (Å²) in [4.78, 5) is -0.461. The molecular formula is C5H6FNO3S. The lowest BCUT2D eigenvalue weighted by molar-refractivity contribution is 0.390. The van der Waals surface area contributed by atoms with Gasteiger partial charge in [0.25, 0.3) is 0 Å². The first kappa shape index (κ1) is 8.19. The zero-order chi connectivity index (χ0) is 8.65. The molecule has 0 spiro atoms. The molecular weight excluding hydrogens is 173 g/mol. The highest BCUT2D eigenvalue weighted by molar-refractivity contribution is 7.86. The number of aryl methyl sites for hydroxylation is 2. The third-order valence-electron chi connectivity index (χ3n) is 1.21. The first-order valence-corrected chi connectivity index (χ1v) is 4.19. The van der Waals surface area contributed by atoms with Crippen molar-refractivity contribution in [2.24, 2.45) is 0 Å². The second-order valence-corrected chi connectivity index (χ2v) is 3.38. The van der Waals surface area contributed by atoms with Crippen LogP contribution < -0.4 is 0 Å². The van der Waals surface area contributed by atoms with Crippen molar-refractivity contribution in [1.82, 2.24) is 5.16 Å². The molecule has 0 aliphatic rings. The van der Waals surface area contributed by atoms with Crippen molar-refractivity contribution in [3.8, 4) is 0 Å². The molecule has 62 valence electrons. The minimum absolute atomic E-state index is 0.0231. The van der Waals surface area contributed by atoms with Gasteiger partial charge in [0.2, 0.25) is 0 Å². The Morgan fingerprint density at radius 3 is 2.18 bits per heavy atom. The third kappa shape index (κ3) is 1.40. The Labute approximate surface area is 63.2 Å². The van der Waals surface area contributed by atoms with Crippen molar-refractivity contribution >= 4 is 10.2 Å². The van der Waals surface area contributed by atoms with Crippen LogP contribution in [0.4, 0.5) is 3.89 Å². The van der Waals surface area contributed by atoms with Crippen LogP contribution in [0.25, 0.3) is 0 Å². The van der Waals surface area contributed by atoms with E-state index >= 15 is 0 Å². The predicted octanol–water partition coefficient (Wildman–Crippen LogP) is 0.950. The summed E-state index contributed by atoms with van der Waals surface area (Å²) >= 11 is 0. The average Bonchev–Trinajstić information content (AvgIpc) is 2.08. The standard InChI is InChI=1S/C5H6FNO3S/c1-3-5(11(6,8)9)4(2)10-7-3/h1-2H3. The maximum Gasteiger partial charge on any atom is 0.337 e. The summed E-state index contributed by atoms with van der Waals surface area (Å²) < 4.78 is 37.5. The molecule has 11 heavy (non-hydrogen) atoms. The average molecular weight is 179 g/mol. The molecule has 0 atom stereocenters. The fourth-order valence-corrected chi connectivity index (χ4v) is 1.59. The highest BCUT2D eigenvalue weighted by Gasteiger charge is 2.22. The fraction of sp³-hybridized carbons (Fsp3) is 0.400. The largest absolute Gasteiger partial charge is 0.360 e. The predicted molar refractivity (Wildman–Crippen MR) is 34.3 cm³/mol. The first-order valence-electron chi connectivity index (χ1n) is 2.80. The van der Waals surface area contributed by atoms with Gasteiger partial charge in [-0.05, 0) is 13.8 Å². The van der Waals surface area contributed by atoms with Crippen LogP contribution in [0.15, 0.2) is 9.42 Å². The number of halogens is 1. The molecule has 0 fully saturated rings. The molecule has 4 nitrogen and oxygen atoms in total. The molecule has 0 amide bonds. The van der Waals surface area contributed by atoms with Crippen LogP contribution in [0.1, 0.15) is 11.5 Å². The molecule has 0 saturated carbocycles. The van der Waals surface area contributed by atoms with E-state index < -0.39 is 15.1 Å². The molecule has 0 saturated heterocycles. The van der Waals surface area contributed by atoms with E-state index in [1.165, 1.54) is 13.8 Å². The van der Waals surface area contributed by atoms with Crippen molar-refractivity contribution in [2.45, 2.75) is 18.7 Å². The molecule has 6 heteroatoms. The maximum atomic E-state index is 12.3. The third-order valence-corrected chi connectivity index (χ3v) is 2.28. The molecule has 0 N–H and O–H groups in total. The number of nitrogens with zero attached hydrogens (tertiary/aromatic N) is 1. The van der Waals surface area contributed by atoms with E-state index in [1.54, 1.807) is 0 Å². The Bertz CT molecular complexity index is 348. The molecule has 0 aliphatic heterocycles. The summed E-state index contributed by atoms with van der Waals surface area (Å²) in [6, 6.07) is 0. The molecule has 1 rings (SSSR count). The van der Waals surface area contributed by atoms with Crippen LogP contribution in [0.5, 0.6) is 0 Å². The summed E-state index contributed by atoms with van der Waals surface area (Å²) in [5, 5.41) is 3.29. The maximum absolute atomic E-state index is 12.3. The van der Waals surface area contributed by atoms with Crippen LogP contribution in [0.2, 0.25) is 0 Å². The topological polar surface area (TPSA) is 60.2 Å². The Morgan fingerprint density at radius 2 is 2.00 bits per heavy atom. The number of aromatic nitrogens is 1. The van der Waals surface area contributed by atoms with Gasteiger partial charge in [0, 0.05) is 0 Å². The monoisotopic (exact) mass is 179 g/mol. The second-order valence-electron chi connectivity index (χ2n) is 2.09. The lowest BCUT2D eigenvalue weighted by atomic mass is 10.4. The van der Waals surface area contributed by atoms with Crippen molar-refractivity contribution in [1.29, 1.82) is 0 Å². The summed E-state index contributed by atoms with van der Waals surface area (Å²) in [7, 11) is -4.68. The second kappa shape index (κ2) is 2.30. The number of hydrogen-bond acceptors (Lipinski definition) is 4. The smallest absolute Gasteiger partial charge is 0.337 e. The molecule has 1 aromatic rings. The van der Waals surface area contributed by atoms with Crippen LogP contribution in [0.3, 0.4) is 0 Å². The van der Waals surface area contributed by atoms with Gasteiger partial charge in [-0.15, -0.1) is 3.89 Å². The van der Waals surface area contributed by atoms with Crippen molar-refractivity contribution in [2.75, 3.05) is 0 Å². The van der Waals surface area contributed by atoms with Gasteiger partial charge in [0.15, 0.2) is 10.7 Å². The van der Waals surface area contributed by atoms with Crippen LogP contribution in [0, 0.1) is 13.8 Å². The van der Waals surface area contributed by atoms with Gasteiger partial charge in [-0.1, -0.05) is 5.16 Å². The van der Waals surface area contributed by atoms with Crippen LogP contribution >= 0.6 is 0 Å². The van der Waals surface area contributed by atoms with Crippen LogP contribution in [-0.2, 0) is 10.2 Å². The van der Waals surface area contributed by atoms with E-state index in [0.717, 1.165) is 0 Å². The van der Waals surface area contributed by atoms with E-state index in [0.29, 0.717) is 0 Å². The van der Waals surface area contributed by atoms with E-state index in [-0.39, 0.29) is 11.5 Å². The van der Waals surface area contributed by atoms with E-state index in [2.05, 4.69) is 9.68 Å². The Morgan fingerprint density at radius 1 is 1.45 bits per heavy atom. The Hall–Kier alpha value is -0.910. The lowest BCUT2D eigenvalue weighted by Crippen LogP contribution is -1.94. The van der Waals surface area contributed by atoms with E-state index in [1.807, 2.05) is 0 Å². The first-order chi connectivity index (χ1) is 4.93. The Balaban J connectivity index is 3.45. The quantitative estimate of drug-likeness (QED) is 0.602. The summed E-state index contributed by atoms with van der Waals surface area (Å²) in [6.45, 7) is 2.70. The SMILES string of the molecule is Cc1noc(C)c1S(=O)(=O)F. The molecule has 0 aromatic carbocycles. The summed E-state index contributed by atoms with van der Waals surface area (Å²) in [5.41, 5.74) is 0.0463. The van der Waals surface area contributed by atoms with Crippen molar-refractivity contribution in [3.05, 3.63) is 11.5 Å². The highest BCUT2D eigenvalue weighted by atomic mass is 32.3. The van der Waals surface area contributed by atoms with Gasteiger partial charge in [0.05, 0.1) is 0 Å². The molecule has 1 aromatic heterocycles. The van der Waals surface area contributed by atoms with Crippen molar-refractivity contribution in [3.63, 3.8) is 0 Å². The van der Waals surface area contributed by atoms with Gasteiger partial charge in [0.1, 0.15) is 5.69 Å². The zero-order valence-corrected chi connectivity index (χ0v) is 6.77. The van der Waals surface area contributed by atoms with Gasteiger partial charge in [-0.3, -0.25) is 0 Å². The number of hydrogen-bond donors (Lipinski definition) is 0. The zero-order valence-electron chi connectivity index (χ0n) is 5.96. The minimum Gasteiger partial charge on any atom is -0.360 e. The molecule has 1 heterocycles. The fourth-order valence-electron chi connectivity index (χ4n) is 0.823. The van der Waals surface area contributed by atoms with Gasteiger partial charge in [-0.2, -0.15) is 8.42 Å². The molecule has 0 bridgehead atoms. The van der Waals surface area contributed by atoms with Gasteiger partial charge in [-0.25, -0.2) is 0 Å². The van der Waals surface area contributed by atoms with E-state index in [9.17, 15) is 12.3 Å². The summed E-state index contributed by atoms with van der Waals surface area (Å²) in [5.74, 6) is -0.0231. The minimum atomic E-state index is -4.68. The molecule has 0 aliphatic carbocycles. The highest BCUT2D eigenvalue weighted by Crippen LogP contribution is 2.20. The normalized spacial score (nSPS) is 11.9. The van der Waals surface area contributed by atoms with E-state index in [4.69, 9.17) is 0 Å². The Kier molecular flexibility index (Phi) is 1.71. The van der Waals surface area contributed by atoms with Crippen molar-refractivity contribution < 1.29 is 16.8 Å². The van der Waals surface area contributed by atoms with Crippen LogP contribution in [-0.4, -0.2) is 13.6 Å². The van der Waals surface area contributed by atoms with Gasteiger partial charge >= 0.3 is 10.2 Å². The lowest BCUT2D eigenvalue weighted by Gasteiger charge is -1.88. The molecule has 0 unspecified atom stereocenters. The molecule has 0 radical (unpaired) electrons. The summed E-state index contributed by atoms with van der Waals surface area (Å²) in [6.07, 6.45) is 0. The van der Waals surface area contributed by atoms with Gasteiger partial charge < -0.3 is 4.52 Å². The number of rotatable bonds is 1.